The summed E-state index contributed by atoms with van der Waals surface area (Å²) in [5.74, 6) is 0.855. The van der Waals surface area contributed by atoms with Crippen LogP contribution in [0.4, 0.5) is 0 Å². The number of rotatable bonds is 5. The second-order valence-electron chi connectivity index (χ2n) is 11.6. The van der Waals surface area contributed by atoms with Crippen molar-refractivity contribution >= 4 is 0 Å². The van der Waals surface area contributed by atoms with Gasteiger partial charge in [-0.2, -0.15) is 0 Å². The van der Waals surface area contributed by atoms with E-state index in [0.29, 0.717) is 5.41 Å². The summed E-state index contributed by atoms with van der Waals surface area (Å²) in [6.45, 7) is 15.4. The van der Waals surface area contributed by atoms with Crippen molar-refractivity contribution in [3.05, 3.63) is 0 Å². The molecule has 0 aromatic rings. The molecule has 3 saturated heterocycles. The van der Waals surface area contributed by atoms with E-state index in [1.54, 1.807) is 0 Å². The maximum atomic E-state index is 2.89. The molecule has 0 N–H and O–H groups in total. The molecule has 3 heterocycles. The van der Waals surface area contributed by atoms with E-state index in [4.69, 9.17) is 0 Å². The Bertz CT molecular complexity index is 484. The normalized spacial score (nSPS) is 30.8. The predicted octanol–water partition coefficient (Wildman–Crippen LogP) is 4.86. The van der Waals surface area contributed by atoms with Crippen molar-refractivity contribution in [1.29, 1.82) is 0 Å². The van der Waals surface area contributed by atoms with Gasteiger partial charge >= 0.3 is 0 Å². The number of hydrogen-bond acceptors (Lipinski definition) is 3. The Hall–Kier alpha value is -0.120. The van der Waals surface area contributed by atoms with Gasteiger partial charge in [0, 0.05) is 12.1 Å². The molecule has 0 aromatic heterocycles. The molecular formula is C25H47N3. The Kier molecular flexibility index (Phi) is 6.45. The fourth-order valence-corrected chi connectivity index (χ4v) is 7.26. The predicted molar refractivity (Wildman–Crippen MR) is 120 cm³/mol. The van der Waals surface area contributed by atoms with Crippen molar-refractivity contribution in [1.82, 2.24) is 14.7 Å². The van der Waals surface area contributed by atoms with Crippen LogP contribution < -0.4 is 0 Å². The second kappa shape index (κ2) is 8.55. The zero-order chi connectivity index (χ0) is 19.8. The topological polar surface area (TPSA) is 9.72 Å². The fraction of sp³-hybridized carbons (Fsp3) is 1.00. The lowest BCUT2D eigenvalue weighted by atomic mass is 9.59. The summed E-state index contributed by atoms with van der Waals surface area (Å²) in [7, 11) is 2.28. The van der Waals surface area contributed by atoms with E-state index in [9.17, 15) is 0 Å². The first kappa shape index (κ1) is 21.1. The number of likely N-dealkylation sites (tertiary alicyclic amines) is 3. The highest BCUT2D eigenvalue weighted by Gasteiger charge is 2.49. The van der Waals surface area contributed by atoms with Crippen LogP contribution in [0.2, 0.25) is 0 Å². The number of nitrogens with zero attached hydrogens (tertiary/aromatic N) is 3. The van der Waals surface area contributed by atoms with Crippen molar-refractivity contribution in [2.75, 3.05) is 46.3 Å². The highest BCUT2D eigenvalue weighted by Crippen LogP contribution is 2.52. The third-order valence-corrected chi connectivity index (χ3v) is 9.37. The Morgan fingerprint density at radius 3 is 1.86 bits per heavy atom. The average Bonchev–Trinajstić information content (AvgIpc) is 2.67. The summed E-state index contributed by atoms with van der Waals surface area (Å²) in [5, 5.41) is 0. The van der Waals surface area contributed by atoms with E-state index in [-0.39, 0.29) is 0 Å². The SMILES string of the molecule is CCC1(CC(C)C)CCN(C2CC3(CCN(C4CCN(C)CC4)CC3)C2)CC1. The highest BCUT2D eigenvalue weighted by molar-refractivity contribution is 5.03. The molecule has 28 heavy (non-hydrogen) atoms. The zero-order valence-electron chi connectivity index (χ0n) is 19.4. The maximum Gasteiger partial charge on any atom is 0.0120 e. The van der Waals surface area contributed by atoms with Gasteiger partial charge in [0.15, 0.2) is 0 Å². The van der Waals surface area contributed by atoms with Gasteiger partial charge in [0.05, 0.1) is 0 Å². The molecule has 162 valence electrons. The van der Waals surface area contributed by atoms with Crippen LogP contribution in [0.3, 0.4) is 0 Å². The lowest BCUT2D eigenvalue weighted by Gasteiger charge is -2.58. The number of hydrogen-bond donors (Lipinski definition) is 0. The van der Waals surface area contributed by atoms with Crippen LogP contribution in [0.25, 0.3) is 0 Å². The largest absolute Gasteiger partial charge is 0.306 e. The van der Waals surface area contributed by atoms with Gasteiger partial charge < -0.3 is 14.7 Å². The Morgan fingerprint density at radius 1 is 0.786 bits per heavy atom. The van der Waals surface area contributed by atoms with Crippen LogP contribution in [0.15, 0.2) is 0 Å². The van der Waals surface area contributed by atoms with E-state index in [1.165, 1.54) is 103 Å². The lowest BCUT2D eigenvalue weighted by Crippen LogP contribution is -2.58. The first-order valence-electron chi connectivity index (χ1n) is 12.6. The van der Waals surface area contributed by atoms with Crippen LogP contribution in [-0.4, -0.2) is 73.1 Å². The molecule has 4 rings (SSSR count). The van der Waals surface area contributed by atoms with Gasteiger partial charge in [0.25, 0.3) is 0 Å². The summed E-state index contributed by atoms with van der Waals surface area (Å²) in [5.41, 5.74) is 1.38. The summed E-state index contributed by atoms with van der Waals surface area (Å²) in [6.07, 6.45) is 14.5. The van der Waals surface area contributed by atoms with Gasteiger partial charge in [-0.3, -0.25) is 0 Å². The molecule has 0 unspecified atom stereocenters. The van der Waals surface area contributed by atoms with Gasteiger partial charge in [0.2, 0.25) is 0 Å². The molecule has 0 atom stereocenters. The Balaban J connectivity index is 1.20. The summed E-state index contributed by atoms with van der Waals surface area (Å²) in [6, 6.07) is 1.80. The molecule has 4 aliphatic rings. The Morgan fingerprint density at radius 2 is 1.32 bits per heavy atom. The molecule has 1 aliphatic carbocycles. The first-order valence-corrected chi connectivity index (χ1v) is 12.6. The quantitative estimate of drug-likeness (QED) is 0.664. The Labute approximate surface area is 175 Å². The summed E-state index contributed by atoms with van der Waals surface area (Å²) < 4.78 is 0. The standard InChI is InChI=1S/C25H47N3/c1-5-24(18-21(2)3)8-14-28(15-9-24)23-19-25(20-23)10-16-27(17-11-25)22-6-12-26(4)13-7-22/h21-23H,5-20H2,1-4H3. The van der Waals surface area contributed by atoms with Crippen molar-refractivity contribution in [2.45, 2.75) is 97.1 Å². The molecule has 1 saturated carbocycles. The minimum absolute atomic E-state index is 0.658. The van der Waals surface area contributed by atoms with Crippen LogP contribution in [-0.2, 0) is 0 Å². The fourth-order valence-electron chi connectivity index (χ4n) is 7.26. The summed E-state index contributed by atoms with van der Waals surface area (Å²) >= 11 is 0. The van der Waals surface area contributed by atoms with Gasteiger partial charge in [-0.05, 0) is 121 Å². The van der Waals surface area contributed by atoms with E-state index in [0.717, 1.165) is 23.4 Å². The minimum atomic E-state index is 0.658. The molecule has 0 aromatic carbocycles. The molecular weight excluding hydrogens is 342 g/mol. The molecule has 3 heteroatoms. The smallest absolute Gasteiger partial charge is 0.0120 e. The van der Waals surface area contributed by atoms with Gasteiger partial charge in [-0.25, -0.2) is 0 Å². The van der Waals surface area contributed by atoms with Gasteiger partial charge in [-0.1, -0.05) is 27.2 Å². The number of piperidine rings is 3. The van der Waals surface area contributed by atoms with Crippen LogP contribution in [0.1, 0.15) is 85.0 Å². The van der Waals surface area contributed by atoms with Crippen LogP contribution in [0, 0.1) is 16.7 Å². The van der Waals surface area contributed by atoms with Crippen molar-refractivity contribution in [2.24, 2.45) is 16.7 Å². The van der Waals surface area contributed by atoms with Crippen molar-refractivity contribution in [3.63, 3.8) is 0 Å². The van der Waals surface area contributed by atoms with E-state index in [2.05, 4.69) is 42.5 Å². The first-order chi connectivity index (χ1) is 13.4. The molecule has 0 radical (unpaired) electrons. The van der Waals surface area contributed by atoms with E-state index in [1.807, 2.05) is 0 Å². The van der Waals surface area contributed by atoms with E-state index >= 15 is 0 Å². The maximum absolute atomic E-state index is 2.89. The molecule has 1 spiro atoms. The molecule has 3 nitrogen and oxygen atoms in total. The zero-order valence-corrected chi connectivity index (χ0v) is 19.4. The monoisotopic (exact) mass is 389 g/mol. The van der Waals surface area contributed by atoms with Crippen LogP contribution in [0.5, 0.6) is 0 Å². The third kappa shape index (κ3) is 4.47. The molecule has 0 amide bonds. The van der Waals surface area contributed by atoms with Crippen molar-refractivity contribution < 1.29 is 0 Å². The second-order valence-corrected chi connectivity index (χ2v) is 11.6. The molecule has 4 fully saturated rings. The van der Waals surface area contributed by atoms with Crippen LogP contribution >= 0.6 is 0 Å². The summed E-state index contributed by atoms with van der Waals surface area (Å²) in [4.78, 5) is 8.25. The van der Waals surface area contributed by atoms with Gasteiger partial charge in [0.1, 0.15) is 0 Å². The molecule has 0 bridgehead atoms. The minimum Gasteiger partial charge on any atom is -0.306 e. The highest BCUT2D eigenvalue weighted by atomic mass is 15.2. The van der Waals surface area contributed by atoms with Gasteiger partial charge in [-0.15, -0.1) is 0 Å². The lowest BCUT2D eigenvalue weighted by molar-refractivity contribution is -0.0701. The average molecular weight is 390 g/mol. The third-order valence-electron chi connectivity index (χ3n) is 9.37. The molecule has 3 aliphatic heterocycles. The van der Waals surface area contributed by atoms with Crippen molar-refractivity contribution in [3.8, 4) is 0 Å². The van der Waals surface area contributed by atoms with E-state index < -0.39 is 0 Å².